The number of likely N-dealkylation sites (tertiary alicyclic amines) is 1. The molecule has 1 unspecified atom stereocenters. The van der Waals surface area contributed by atoms with Crippen molar-refractivity contribution < 1.29 is 24.2 Å². The molecule has 0 bridgehead atoms. The van der Waals surface area contributed by atoms with Crippen LogP contribution in [0.25, 0.3) is 5.76 Å². The van der Waals surface area contributed by atoms with Crippen LogP contribution in [0.1, 0.15) is 27.6 Å². The highest BCUT2D eigenvalue weighted by molar-refractivity contribution is 7.10. The molecule has 28 heavy (non-hydrogen) atoms. The number of hydrogen-bond donors (Lipinski definition) is 1. The number of ether oxygens (including phenoxy) is 2. The molecule has 0 radical (unpaired) electrons. The molecule has 1 aromatic carbocycles. The highest BCUT2D eigenvalue weighted by Gasteiger charge is 2.47. The molecule has 0 aliphatic carbocycles. The number of rotatable bonds is 6. The van der Waals surface area contributed by atoms with E-state index in [4.69, 9.17) is 9.47 Å². The fourth-order valence-electron chi connectivity index (χ4n) is 3.39. The van der Waals surface area contributed by atoms with Gasteiger partial charge in [-0.1, -0.05) is 11.6 Å². The number of benzene rings is 1. The van der Waals surface area contributed by atoms with Crippen molar-refractivity contribution in [2.45, 2.75) is 19.9 Å². The van der Waals surface area contributed by atoms with Gasteiger partial charge >= 0.3 is 0 Å². The standard InChI is InChI=1S/C21H23NO5S/c1-12-5-6-15(27-4)14(11-12)18(23)16-17(20-13(2)7-10-28-20)22(8-9-26-3)21(25)19(16)24/h5-7,10-11,17,23H,8-9H2,1-4H3/b18-16+. The summed E-state index contributed by atoms with van der Waals surface area (Å²) in [6.45, 7) is 4.36. The number of aryl methyl sites for hydroxylation is 2. The van der Waals surface area contributed by atoms with Crippen molar-refractivity contribution in [3.63, 3.8) is 0 Å². The minimum atomic E-state index is -0.699. The Morgan fingerprint density at radius 3 is 2.57 bits per heavy atom. The van der Waals surface area contributed by atoms with Crippen molar-refractivity contribution in [2.24, 2.45) is 0 Å². The van der Waals surface area contributed by atoms with Gasteiger partial charge in [-0.05, 0) is 43.0 Å². The maximum Gasteiger partial charge on any atom is 0.295 e. The molecule has 1 atom stereocenters. The van der Waals surface area contributed by atoms with E-state index in [0.717, 1.165) is 16.0 Å². The molecule has 1 aromatic heterocycles. The summed E-state index contributed by atoms with van der Waals surface area (Å²) in [6.07, 6.45) is 0. The number of thiophene rings is 1. The number of nitrogens with zero attached hydrogens (tertiary/aromatic N) is 1. The van der Waals surface area contributed by atoms with Crippen molar-refractivity contribution in [2.75, 3.05) is 27.4 Å². The van der Waals surface area contributed by atoms with Gasteiger partial charge in [0.25, 0.3) is 11.7 Å². The highest BCUT2D eigenvalue weighted by Crippen LogP contribution is 2.43. The second-order valence-electron chi connectivity index (χ2n) is 6.66. The van der Waals surface area contributed by atoms with Gasteiger partial charge in [0.15, 0.2) is 0 Å². The number of ketones is 1. The largest absolute Gasteiger partial charge is 0.507 e. The fraction of sp³-hybridized carbons (Fsp3) is 0.333. The van der Waals surface area contributed by atoms with E-state index in [1.807, 2.05) is 31.4 Å². The van der Waals surface area contributed by atoms with Crippen LogP contribution in [0.3, 0.4) is 0 Å². The van der Waals surface area contributed by atoms with Gasteiger partial charge < -0.3 is 19.5 Å². The molecule has 6 nitrogen and oxygen atoms in total. The lowest BCUT2D eigenvalue weighted by Gasteiger charge is -2.24. The van der Waals surface area contributed by atoms with Crippen LogP contribution in [-0.4, -0.2) is 49.1 Å². The smallest absolute Gasteiger partial charge is 0.295 e. The third-order valence-corrected chi connectivity index (χ3v) is 5.91. The molecule has 1 fully saturated rings. The molecular formula is C21H23NO5S. The van der Waals surface area contributed by atoms with Crippen LogP contribution in [0.4, 0.5) is 0 Å². The van der Waals surface area contributed by atoms with Gasteiger partial charge in [0, 0.05) is 18.5 Å². The molecule has 0 saturated carbocycles. The van der Waals surface area contributed by atoms with Crippen LogP contribution in [0.5, 0.6) is 5.75 Å². The van der Waals surface area contributed by atoms with Gasteiger partial charge in [-0.3, -0.25) is 9.59 Å². The van der Waals surface area contributed by atoms with E-state index < -0.39 is 17.7 Å². The Morgan fingerprint density at radius 1 is 1.21 bits per heavy atom. The first-order valence-electron chi connectivity index (χ1n) is 8.87. The van der Waals surface area contributed by atoms with E-state index in [1.54, 1.807) is 19.2 Å². The Bertz CT molecular complexity index is 946. The lowest BCUT2D eigenvalue weighted by molar-refractivity contribution is -0.140. The molecule has 7 heteroatoms. The van der Waals surface area contributed by atoms with E-state index in [9.17, 15) is 14.7 Å². The van der Waals surface area contributed by atoms with Gasteiger partial charge in [0.05, 0.1) is 30.9 Å². The Morgan fingerprint density at radius 2 is 1.96 bits per heavy atom. The Labute approximate surface area is 168 Å². The number of methoxy groups -OCH3 is 2. The van der Waals surface area contributed by atoms with Gasteiger partial charge in [-0.2, -0.15) is 0 Å². The summed E-state index contributed by atoms with van der Waals surface area (Å²) in [6, 6.07) is 6.61. The lowest BCUT2D eigenvalue weighted by atomic mass is 9.97. The summed E-state index contributed by atoms with van der Waals surface area (Å²) in [7, 11) is 3.04. The lowest BCUT2D eigenvalue weighted by Crippen LogP contribution is -2.32. The summed E-state index contributed by atoms with van der Waals surface area (Å²) < 4.78 is 10.5. The first kappa shape index (κ1) is 20.1. The van der Waals surface area contributed by atoms with Crippen molar-refractivity contribution in [1.82, 2.24) is 4.90 Å². The molecular weight excluding hydrogens is 378 g/mol. The zero-order valence-electron chi connectivity index (χ0n) is 16.3. The zero-order valence-corrected chi connectivity index (χ0v) is 17.1. The first-order chi connectivity index (χ1) is 13.4. The quantitative estimate of drug-likeness (QED) is 0.456. The predicted molar refractivity (Wildman–Crippen MR) is 108 cm³/mol. The van der Waals surface area contributed by atoms with Crippen LogP contribution < -0.4 is 4.74 Å². The molecule has 1 saturated heterocycles. The van der Waals surface area contributed by atoms with Crippen molar-refractivity contribution in [1.29, 1.82) is 0 Å². The normalized spacial score (nSPS) is 18.7. The third kappa shape index (κ3) is 3.43. The van der Waals surface area contributed by atoms with Gasteiger partial charge in [0.1, 0.15) is 11.5 Å². The molecule has 1 aliphatic heterocycles. The van der Waals surface area contributed by atoms with E-state index in [1.165, 1.54) is 23.3 Å². The average molecular weight is 401 g/mol. The van der Waals surface area contributed by atoms with Crippen molar-refractivity contribution in [3.05, 3.63) is 56.8 Å². The number of hydrogen-bond acceptors (Lipinski definition) is 6. The molecule has 1 amide bonds. The van der Waals surface area contributed by atoms with E-state index in [-0.39, 0.29) is 17.9 Å². The topological polar surface area (TPSA) is 76.1 Å². The molecule has 1 aliphatic rings. The Kier molecular flexibility index (Phi) is 5.86. The summed E-state index contributed by atoms with van der Waals surface area (Å²) >= 11 is 1.45. The Balaban J connectivity index is 2.23. The predicted octanol–water partition coefficient (Wildman–Crippen LogP) is 3.44. The zero-order chi connectivity index (χ0) is 20.4. The number of aliphatic hydroxyl groups is 1. The number of amides is 1. The van der Waals surface area contributed by atoms with E-state index in [0.29, 0.717) is 17.9 Å². The van der Waals surface area contributed by atoms with Gasteiger partial charge in [0.2, 0.25) is 0 Å². The minimum absolute atomic E-state index is 0.0792. The number of Topliss-reactive ketones (excluding diaryl/α,β-unsaturated/α-hetero) is 1. The molecule has 0 spiro atoms. The number of carbonyl (C=O) groups excluding carboxylic acids is 2. The summed E-state index contributed by atoms with van der Waals surface area (Å²) in [5, 5.41) is 13.0. The van der Waals surface area contributed by atoms with Gasteiger partial charge in [-0.15, -0.1) is 11.3 Å². The van der Waals surface area contributed by atoms with Crippen LogP contribution in [0.15, 0.2) is 35.2 Å². The second-order valence-corrected chi connectivity index (χ2v) is 7.60. The monoisotopic (exact) mass is 401 g/mol. The van der Waals surface area contributed by atoms with Crippen LogP contribution >= 0.6 is 11.3 Å². The maximum absolute atomic E-state index is 12.9. The molecule has 1 N–H and O–H groups in total. The molecule has 2 aromatic rings. The summed E-state index contributed by atoms with van der Waals surface area (Å²) in [4.78, 5) is 28.0. The molecule has 3 rings (SSSR count). The van der Waals surface area contributed by atoms with E-state index >= 15 is 0 Å². The van der Waals surface area contributed by atoms with Gasteiger partial charge in [-0.25, -0.2) is 0 Å². The Hall–Kier alpha value is -2.64. The SMILES string of the molecule is COCCN1C(=O)C(=O)/C(=C(/O)c2cc(C)ccc2OC)C1c1sccc1C. The van der Waals surface area contributed by atoms with Crippen LogP contribution in [-0.2, 0) is 14.3 Å². The number of aliphatic hydroxyl groups excluding tert-OH is 1. The van der Waals surface area contributed by atoms with E-state index in [2.05, 4.69) is 0 Å². The van der Waals surface area contributed by atoms with Crippen LogP contribution in [0, 0.1) is 13.8 Å². The number of carbonyl (C=O) groups is 2. The van der Waals surface area contributed by atoms with Crippen molar-refractivity contribution >= 4 is 28.8 Å². The first-order valence-corrected chi connectivity index (χ1v) is 9.75. The third-order valence-electron chi connectivity index (χ3n) is 4.84. The average Bonchev–Trinajstić information content (AvgIpc) is 3.21. The molecule has 2 heterocycles. The summed E-state index contributed by atoms with van der Waals surface area (Å²) in [5.74, 6) is -1.12. The molecule has 148 valence electrons. The highest BCUT2D eigenvalue weighted by atomic mass is 32.1. The fourth-order valence-corrected chi connectivity index (χ4v) is 4.44. The second kappa shape index (κ2) is 8.16. The van der Waals surface area contributed by atoms with Crippen molar-refractivity contribution in [3.8, 4) is 5.75 Å². The minimum Gasteiger partial charge on any atom is -0.507 e. The maximum atomic E-state index is 12.9. The van der Waals surface area contributed by atoms with Crippen LogP contribution in [0.2, 0.25) is 0 Å². The summed E-state index contributed by atoms with van der Waals surface area (Å²) in [5.41, 5.74) is 2.34.